The van der Waals surface area contributed by atoms with Crippen LogP contribution in [0.15, 0.2) is 54.0 Å². The van der Waals surface area contributed by atoms with Crippen molar-refractivity contribution in [3.8, 4) is 0 Å². The van der Waals surface area contributed by atoms with Crippen LogP contribution in [0.1, 0.15) is 11.5 Å². The van der Waals surface area contributed by atoms with Crippen LogP contribution in [0.3, 0.4) is 0 Å². The first kappa shape index (κ1) is 14.1. The number of H-pyrrole nitrogens is 1. The van der Waals surface area contributed by atoms with Crippen LogP contribution in [0, 0.1) is 6.92 Å². The Morgan fingerprint density at radius 2 is 2.05 bits per heavy atom. The molecule has 0 radical (unpaired) electrons. The first-order valence-electron chi connectivity index (χ1n) is 6.18. The van der Waals surface area contributed by atoms with Crippen LogP contribution in [0.2, 0.25) is 0 Å². The first-order valence-corrected chi connectivity index (χ1v) is 7.66. The van der Waals surface area contributed by atoms with Crippen LogP contribution in [0.4, 0.5) is 0 Å². The van der Waals surface area contributed by atoms with E-state index in [-0.39, 0.29) is 10.5 Å². The quantitative estimate of drug-likeness (QED) is 0.555. The Morgan fingerprint density at radius 3 is 2.77 bits per heavy atom. The molecule has 2 aromatic heterocycles. The van der Waals surface area contributed by atoms with Gasteiger partial charge >= 0.3 is 5.76 Å². The lowest BCUT2D eigenvalue weighted by Gasteiger charge is -2.02. The van der Waals surface area contributed by atoms with Gasteiger partial charge in [-0.3, -0.25) is 4.98 Å². The number of aromatic nitrogens is 1. The van der Waals surface area contributed by atoms with Crippen molar-refractivity contribution in [1.29, 1.82) is 0 Å². The Morgan fingerprint density at radius 1 is 1.23 bits per heavy atom. The Labute approximate surface area is 124 Å². The molecule has 8 nitrogen and oxygen atoms in total. The maximum absolute atomic E-state index is 12.1. The van der Waals surface area contributed by atoms with E-state index >= 15 is 0 Å². The third kappa shape index (κ3) is 2.79. The zero-order chi connectivity index (χ0) is 15.7. The molecule has 22 heavy (non-hydrogen) atoms. The van der Waals surface area contributed by atoms with Gasteiger partial charge < -0.3 is 8.83 Å². The molecule has 1 aromatic carbocycles. The Hall–Kier alpha value is -2.81. The number of hydrazone groups is 1. The number of nitrogens with zero attached hydrogens (tertiary/aromatic N) is 1. The summed E-state index contributed by atoms with van der Waals surface area (Å²) in [4.78, 5) is 15.5. The van der Waals surface area contributed by atoms with Crippen molar-refractivity contribution in [3.63, 3.8) is 0 Å². The van der Waals surface area contributed by atoms with Crippen molar-refractivity contribution in [3.05, 3.63) is 52.4 Å². The second kappa shape index (κ2) is 5.19. The van der Waals surface area contributed by atoms with Gasteiger partial charge in [-0.1, -0.05) is 0 Å². The molecule has 0 saturated heterocycles. The van der Waals surface area contributed by atoms with Crippen LogP contribution < -0.4 is 10.6 Å². The summed E-state index contributed by atoms with van der Waals surface area (Å²) >= 11 is 0. The average Bonchev–Trinajstić information content (AvgIpc) is 3.02. The Bertz CT molecular complexity index is 1010. The molecule has 9 heteroatoms. The molecule has 114 valence electrons. The molecule has 0 aliphatic rings. The van der Waals surface area contributed by atoms with Crippen molar-refractivity contribution >= 4 is 27.3 Å². The molecule has 0 atom stereocenters. The monoisotopic (exact) mass is 321 g/mol. The lowest BCUT2D eigenvalue weighted by molar-refractivity contribution is 0.527. The summed E-state index contributed by atoms with van der Waals surface area (Å²) < 4.78 is 34.2. The summed E-state index contributed by atoms with van der Waals surface area (Å²) in [6.07, 6.45) is 1.25. The molecule has 3 aromatic rings. The molecule has 0 aliphatic carbocycles. The number of hydrogen-bond acceptors (Lipinski definition) is 6. The molecule has 0 amide bonds. The number of aromatic amines is 1. The number of nitrogens with one attached hydrogen (secondary N) is 2. The van der Waals surface area contributed by atoms with Crippen LogP contribution in [0.5, 0.6) is 0 Å². The lowest BCUT2D eigenvalue weighted by atomic mass is 10.3. The predicted octanol–water partition coefficient (Wildman–Crippen LogP) is 1.33. The highest BCUT2D eigenvalue weighted by Gasteiger charge is 2.15. The summed E-state index contributed by atoms with van der Waals surface area (Å²) in [6, 6.07) is 7.41. The predicted molar refractivity (Wildman–Crippen MR) is 78.2 cm³/mol. The van der Waals surface area contributed by atoms with E-state index in [9.17, 15) is 13.2 Å². The summed E-state index contributed by atoms with van der Waals surface area (Å²) in [5.41, 5.74) is 0.567. The van der Waals surface area contributed by atoms with Gasteiger partial charge in [0.15, 0.2) is 5.58 Å². The molecule has 0 spiro atoms. The van der Waals surface area contributed by atoms with Gasteiger partial charge in [-0.05, 0) is 31.2 Å². The van der Waals surface area contributed by atoms with Crippen LogP contribution in [-0.2, 0) is 10.0 Å². The molecule has 2 heterocycles. The average molecular weight is 321 g/mol. The van der Waals surface area contributed by atoms with Gasteiger partial charge in [0.25, 0.3) is 10.0 Å². The first-order chi connectivity index (χ1) is 10.4. The minimum absolute atomic E-state index is 0.0736. The highest BCUT2D eigenvalue weighted by molar-refractivity contribution is 7.89. The summed E-state index contributed by atoms with van der Waals surface area (Å²) in [5.74, 6) is 0.466. The Kier molecular flexibility index (Phi) is 3.33. The van der Waals surface area contributed by atoms with E-state index in [4.69, 9.17) is 8.83 Å². The summed E-state index contributed by atoms with van der Waals surface area (Å²) in [7, 11) is -3.87. The lowest BCUT2D eigenvalue weighted by Crippen LogP contribution is -2.18. The van der Waals surface area contributed by atoms with E-state index in [0.29, 0.717) is 17.0 Å². The van der Waals surface area contributed by atoms with Crippen molar-refractivity contribution in [1.82, 2.24) is 9.82 Å². The highest BCUT2D eigenvalue weighted by Crippen LogP contribution is 2.16. The minimum Gasteiger partial charge on any atom is -0.460 e. The second-order valence-corrected chi connectivity index (χ2v) is 6.13. The van der Waals surface area contributed by atoms with E-state index in [0.717, 1.165) is 0 Å². The fraction of sp³-hybridized carbons (Fsp3) is 0.0769. The third-order valence-electron chi connectivity index (χ3n) is 2.83. The summed E-state index contributed by atoms with van der Waals surface area (Å²) in [5, 5.41) is 3.63. The zero-order valence-electron chi connectivity index (χ0n) is 11.4. The fourth-order valence-electron chi connectivity index (χ4n) is 1.83. The maximum Gasteiger partial charge on any atom is 0.417 e. The minimum atomic E-state index is -3.87. The maximum atomic E-state index is 12.1. The number of rotatable bonds is 4. The van der Waals surface area contributed by atoms with E-state index in [1.54, 1.807) is 19.1 Å². The van der Waals surface area contributed by atoms with E-state index in [1.807, 2.05) is 0 Å². The van der Waals surface area contributed by atoms with Crippen LogP contribution in [0.25, 0.3) is 11.1 Å². The smallest absolute Gasteiger partial charge is 0.417 e. The highest BCUT2D eigenvalue weighted by atomic mass is 32.2. The number of sulfonamides is 1. The SMILES string of the molecule is Cc1ccc(/C=N/NS(=O)(=O)c2ccc3[nH]c(=O)oc3c2)o1. The largest absolute Gasteiger partial charge is 0.460 e. The normalized spacial score (nSPS) is 12.2. The topological polar surface area (TPSA) is 118 Å². The molecule has 0 bridgehead atoms. The number of benzene rings is 1. The molecule has 0 fully saturated rings. The molecule has 0 unspecified atom stereocenters. The van der Waals surface area contributed by atoms with Crippen molar-refractivity contribution in [2.24, 2.45) is 5.10 Å². The second-order valence-electron chi connectivity index (χ2n) is 4.47. The van der Waals surface area contributed by atoms with Crippen molar-refractivity contribution in [2.75, 3.05) is 0 Å². The van der Waals surface area contributed by atoms with Crippen LogP contribution >= 0.6 is 0 Å². The van der Waals surface area contributed by atoms with E-state index in [1.165, 1.54) is 24.4 Å². The molecule has 3 rings (SSSR count). The molecule has 2 N–H and O–H groups in total. The van der Waals surface area contributed by atoms with Crippen molar-refractivity contribution in [2.45, 2.75) is 11.8 Å². The molecule has 0 aliphatic heterocycles. The molecular weight excluding hydrogens is 310 g/mol. The standard InChI is InChI=1S/C13H11N3O5S/c1-8-2-3-9(20-8)7-14-16-22(18,19)10-4-5-11-12(6-10)21-13(17)15-11/h2-7,16H,1H3,(H,15,17)/b14-7+. The van der Waals surface area contributed by atoms with Gasteiger partial charge in [0.05, 0.1) is 16.6 Å². The van der Waals surface area contributed by atoms with Crippen molar-refractivity contribution < 1.29 is 17.3 Å². The van der Waals surface area contributed by atoms with Gasteiger partial charge in [0, 0.05) is 6.07 Å². The third-order valence-corrected chi connectivity index (χ3v) is 4.05. The zero-order valence-corrected chi connectivity index (χ0v) is 12.2. The molecule has 0 saturated carbocycles. The van der Waals surface area contributed by atoms with Gasteiger partial charge in [0.2, 0.25) is 0 Å². The van der Waals surface area contributed by atoms with E-state index in [2.05, 4.69) is 14.9 Å². The number of hydrogen-bond donors (Lipinski definition) is 2. The van der Waals surface area contributed by atoms with Gasteiger partial charge in [0.1, 0.15) is 11.5 Å². The summed E-state index contributed by atoms with van der Waals surface area (Å²) in [6.45, 7) is 1.77. The fourth-order valence-corrected chi connectivity index (χ4v) is 2.63. The number of aryl methyl sites for hydroxylation is 1. The number of furan rings is 1. The van der Waals surface area contributed by atoms with E-state index < -0.39 is 15.8 Å². The van der Waals surface area contributed by atoms with Gasteiger partial charge in [-0.25, -0.2) is 4.79 Å². The van der Waals surface area contributed by atoms with Gasteiger partial charge in [-0.15, -0.1) is 0 Å². The number of oxazole rings is 1. The van der Waals surface area contributed by atoms with Crippen LogP contribution in [-0.4, -0.2) is 19.6 Å². The Balaban J connectivity index is 1.84. The van der Waals surface area contributed by atoms with Gasteiger partial charge in [-0.2, -0.15) is 18.4 Å². The number of fused-ring (bicyclic) bond motifs is 1. The molecular formula is C13H11N3O5S.